The first-order valence-electron chi connectivity index (χ1n) is 5.46. The lowest BCUT2D eigenvalue weighted by molar-refractivity contribution is -0.132. The maximum absolute atomic E-state index is 11.9. The highest BCUT2D eigenvalue weighted by Gasteiger charge is 2.27. The minimum Gasteiger partial charge on any atom is -0.389 e. The molecule has 0 aliphatic heterocycles. The van der Waals surface area contributed by atoms with Gasteiger partial charge < -0.3 is 5.11 Å². The van der Waals surface area contributed by atoms with Crippen LogP contribution in [0.25, 0.3) is 0 Å². The van der Waals surface area contributed by atoms with Crippen LogP contribution in [0.1, 0.15) is 25.0 Å². The maximum Gasteiger partial charge on any atom is 0.390 e. The fourth-order valence-corrected chi connectivity index (χ4v) is 2.44. The number of halogens is 3. The number of benzene rings is 1. The van der Waals surface area contributed by atoms with Crippen LogP contribution in [-0.4, -0.2) is 26.2 Å². The summed E-state index contributed by atoms with van der Waals surface area (Å²) in [6.07, 6.45) is -6.50. The number of rotatable bonds is 5. The van der Waals surface area contributed by atoms with Gasteiger partial charge in [-0.1, -0.05) is 12.1 Å². The molecule has 0 heterocycles. The van der Waals surface area contributed by atoms with E-state index in [0.717, 1.165) is 0 Å². The van der Waals surface area contributed by atoms with Gasteiger partial charge in [-0.2, -0.15) is 13.2 Å². The normalized spacial score (nSPS) is 14.4. The number of aliphatic hydroxyl groups is 1. The van der Waals surface area contributed by atoms with Crippen molar-refractivity contribution in [3.8, 4) is 0 Å². The number of hydrogen-bond donors (Lipinski definition) is 2. The van der Waals surface area contributed by atoms with E-state index in [1.165, 1.54) is 31.2 Å². The van der Waals surface area contributed by atoms with Crippen LogP contribution in [0.3, 0.4) is 0 Å². The molecule has 0 spiro atoms. The smallest absolute Gasteiger partial charge is 0.389 e. The molecule has 0 bridgehead atoms. The fourth-order valence-electron chi connectivity index (χ4n) is 1.35. The van der Waals surface area contributed by atoms with E-state index >= 15 is 0 Å². The Hall–Kier alpha value is -1.12. The van der Waals surface area contributed by atoms with Crippen LogP contribution in [0.2, 0.25) is 0 Å². The Morgan fingerprint density at radius 2 is 2.00 bits per heavy atom. The highest BCUT2D eigenvalue weighted by atomic mass is 32.2. The van der Waals surface area contributed by atoms with Crippen molar-refractivity contribution < 1.29 is 26.7 Å². The van der Waals surface area contributed by atoms with E-state index in [9.17, 15) is 26.7 Å². The third kappa shape index (κ3) is 5.17. The predicted octanol–water partition coefficient (Wildman–Crippen LogP) is 1.97. The molecule has 0 saturated carbocycles. The molecule has 4 nitrogen and oxygen atoms in total. The van der Waals surface area contributed by atoms with Crippen molar-refractivity contribution in [1.29, 1.82) is 0 Å². The average Bonchev–Trinajstić information content (AvgIpc) is 2.27. The Bertz CT molecular complexity index is 526. The molecule has 1 atom stereocenters. The quantitative estimate of drug-likeness (QED) is 0.873. The van der Waals surface area contributed by atoms with Gasteiger partial charge in [0.1, 0.15) is 0 Å². The summed E-state index contributed by atoms with van der Waals surface area (Å²) in [5.41, 5.74) is 0.374. The molecule has 2 N–H and O–H groups in total. The van der Waals surface area contributed by atoms with Gasteiger partial charge >= 0.3 is 6.18 Å². The van der Waals surface area contributed by atoms with Crippen LogP contribution in [0.15, 0.2) is 29.2 Å². The van der Waals surface area contributed by atoms with Gasteiger partial charge in [0.05, 0.1) is 17.4 Å². The largest absolute Gasteiger partial charge is 0.390 e. The second kappa shape index (κ2) is 5.89. The molecule has 0 amide bonds. The van der Waals surface area contributed by atoms with Gasteiger partial charge in [-0.3, -0.25) is 0 Å². The summed E-state index contributed by atoms with van der Waals surface area (Å²) in [6, 6.07) is 5.42. The summed E-state index contributed by atoms with van der Waals surface area (Å²) in [5, 5.41) is 9.33. The van der Waals surface area contributed by atoms with E-state index < -0.39 is 35.3 Å². The lowest BCUT2D eigenvalue weighted by Crippen LogP contribution is -2.28. The zero-order chi connectivity index (χ0) is 14.7. The highest BCUT2D eigenvalue weighted by molar-refractivity contribution is 7.89. The standard InChI is InChI=1S/C11H14F3NO3S/c1-8(16)9-3-2-4-10(7-9)19(17,18)15-6-5-11(12,13)14/h2-4,7-8,15-16H,5-6H2,1H3. The van der Waals surface area contributed by atoms with Crippen molar-refractivity contribution in [2.75, 3.05) is 6.54 Å². The second-order valence-electron chi connectivity index (χ2n) is 4.01. The number of aliphatic hydroxyl groups excluding tert-OH is 1. The Balaban J connectivity index is 2.80. The highest BCUT2D eigenvalue weighted by Crippen LogP contribution is 2.20. The first-order valence-corrected chi connectivity index (χ1v) is 6.94. The van der Waals surface area contributed by atoms with Crippen molar-refractivity contribution >= 4 is 10.0 Å². The summed E-state index contributed by atoms with van der Waals surface area (Å²) >= 11 is 0. The average molecular weight is 297 g/mol. The molecule has 108 valence electrons. The minimum atomic E-state index is -4.41. The zero-order valence-corrected chi connectivity index (χ0v) is 10.9. The number of sulfonamides is 1. The molecule has 0 aromatic heterocycles. The lowest BCUT2D eigenvalue weighted by atomic mass is 10.1. The van der Waals surface area contributed by atoms with Gasteiger partial charge in [0.25, 0.3) is 0 Å². The van der Waals surface area contributed by atoms with E-state index in [2.05, 4.69) is 0 Å². The molecule has 0 fully saturated rings. The number of nitrogens with one attached hydrogen (secondary N) is 1. The van der Waals surface area contributed by atoms with Crippen LogP contribution >= 0.6 is 0 Å². The van der Waals surface area contributed by atoms with E-state index in [4.69, 9.17) is 0 Å². The van der Waals surface area contributed by atoms with Crippen LogP contribution < -0.4 is 4.72 Å². The third-order valence-electron chi connectivity index (χ3n) is 2.35. The summed E-state index contributed by atoms with van der Waals surface area (Å²) < 4.78 is 61.1. The Morgan fingerprint density at radius 1 is 1.37 bits per heavy atom. The predicted molar refractivity (Wildman–Crippen MR) is 62.9 cm³/mol. The molecular formula is C11H14F3NO3S. The molecule has 8 heteroatoms. The van der Waals surface area contributed by atoms with Gasteiger partial charge in [-0.15, -0.1) is 0 Å². The fraction of sp³-hybridized carbons (Fsp3) is 0.455. The van der Waals surface area contributed by atoms with Crippen LogP contribution in [0, 0.1) is 0 Å². The Labute approximate surface area is 109 Å². The number of hydrogen-bond acceptors (Lipinski definition) is 3. The molecule has 1 rings (SSSR count). The lowest BCUT2D eigenvalue weighted by Gasteiger charge is -2.10. The molecule has 19 heavy (non-hydrogen) atoms. The molecule has 1 aromatic carbocycles. The van der Waals surface area contributed by atoms with Gasteiger partial charge in [0, 0.05) is 6.54 Å². The molecule has 1 aromatic rings. The van der Waals surface area contributed by atoms with Crippen molar-refractivity contribution in [2.24, 2.45) is 0 Å². The SMILES string of the molecule is CC(O)c1cccc(S(=O)(=O)NCCC(F)(F)F)c1. The maximum atomic E-state index is 11.9. The first-order chi connectivity index (χ1) is 8.62. The summed E-state index contributed by atoms with van der Waals surface area (Å²) in [4.78, 5) is -0.173. The molecule has 0 saturated heterocycles. The van der Waals surface area contributed by atoms with Gasteiger partial charge in [0.15, 0.2) is 0 Å². The summed E-state index contributed by atoms with van der Waals surface area (Å²) in [7, 11) is -4.00. The van der Waals surface area contributed by atoms with E-state index in [1.54, 1.807) is 0 Å². The monoisotopic (exact) mass is 297 g/mol. The van der Waals surface area contributed by atoms with Crippen molar-refractivity contribution in [3.63, 3.8) is 0 Å². The van der Waals surface area contributed by atoms with Gasteiger partial charge in [-0.25, -0.2) is 13.1 Å². The molecule has 0 aliphatic rings. The van der Waals surface area contributed by atoms with Crippen LogP contribution in [0.5, 0.6) is 0 Å². The molecular weight excluding hydrogens is 283 g/mol. The molecule has 0 radical (unpaired) electrons. The van der Waals surface area contributed by atoms with Crippen molar-refractivity contribution in [3.05, 3.63) is 29.8 Å². The van der Waals surface area contributed by atoms with Gasteiger partial charge in [-0.05, 0) is 24.6 Å². The van der Waals surface area contributed by atoms with Crippen molar-refractivity contribution in [1.82, 2.24) is 4.72 Å². The Kier molecular flexibility index (Phi) is 4.94. The van der Waals surface area contributed by atoms with Crippen LogP contribution in [-0.2, 0) is 10.0 Å². The topological polar surface area (TPSA) is 66.4 Å². The zero-order valence-electron chi connectivity index (χ0n) is 10.1. The summed E-state index contributed by atoms with van der Waals surface area (Å²) in [5.74, 6) is 0. The van der Waals surface area contributed by atoms with Crippen LogP contribution in [0.4, 0.5) is 13.2 Å². The Morgan fingerprint density at radius 3 is 2.53 bits per heavy atom. The summed E-state index contributed by atoms with van der Waals surface area (Å²) in [6.45, 7) is 0.744. The third-order valence-corrected chi connectivity index (χ3v) is 3.81. The number of alkyl halides is 3. The molecule has 0 aliphatic carbocycles. The second-order valence-corrected chi connectivity index (χ2v) is 5.78. The molecule has 1 unspecified atom stereocenters. The van der Waals surface area contributed by atoms with E-state index in [-0.39, 0.29) is 4.90 Å². The van der Waals surface area contributed by atoms with E-state index in [0.29, 0.717) is 5.56 Å². The van der Waals surface area contributed by atoms with E-state index in [1.807, 2.05) is 4.72 Å². The first kappa shape index (κ1) is 15.9. The van der Waals surface area contributed by atoms with Gasteiger partial charge in [0.2, 0.25) is 10.0 Å². The minimum absolute atomic E-state index is 0.173. The van der Waals surface area contributed by atoms with Crippen molar-refractivity contribution in [2.45, 2.75) is 30.5 Å².